The first-order valence-electron chi connectivity index (χ1n) is 8.97. The van der Waals surface area contributed by atoms with E-state index in [9.17, 15) is 4.79 Å². The highest BCUT2D eigenvalue weighted by Crippen LogP contribution is 2.24. The van der Waals surface area contributed by atoms with Gasteiger partial charge in [-0.25, -0.2) is 0 Å². The van der Waals surface area contributed by atoms with Crippen LogP contribution in [0.3, 0.4) is 0 Å². The van der Waals surface area contributed by atoms with Crippen LogP contribution >= 0.6 is 0 Å². The molecule has 0 saturated heterocycles. The second-order valence-electron chi connectivity index (χ2n) is 6.19. The maximum Gasteiger partial charge on any atom is 0.265 e. The van der Waals surface area contributed by atoms with Crippen LogP contribution in [0.4, 0.5) is 5.69 Å². The molecule has 1 amide bonds. The van der Waals surface area contributed by atoms with Crippen molar-refractivity contribution in [2.45, 2.75) is 13.0 Å². The Morgan fingerprint density at radius 3 is 1.93 bits per heavy atom. The Bertz CT molecular complexity index is 991. The lowest BCUT2D eigenvalue weighted by atomic mass is 10.2. The van der Waals surface area contributed by atoms with E-state index in [1.54, 1.807) is 86.8 Å². The minimum absolute atomic E-state index is 0.262. The molecule has 0 aliphatic carbocycles. The number of hydrogen-bond acceptors (Lipinski definition) is 5. The number of hydrogen-bond donors (Lipinski definition) is 1. The summed E-state index contributed by atoms with van der Waals surface area (Å²) in [6, 6.07) is 22.9. The predicted molar refractivity (Wildman–Crippen MR) is 109 cm³/mol. The lowest BCUT2D eigenvalue weighted by Gasteiger charge is -2.15. The van der Waals surface area contributed by atoms with Gasteiger partial charge in [0.15, 0.2) is 6.10 Å². The van der Waals surface area contributed by atoms with E-state index in [1.165, 1.54) is 0 Å². The van der Waals surface area contributed by atoms with Crippen LogP contribution in [-0.2, 0) is 4.79 Å². The van der Waals surface area contributed by atoms with E-state index in [0.717, 1.165) is 5.75 Å². The van der Waals surface area contributed by atoms with Gasteiger partial charge in [0.05, 0.1) is 18.7 Å². The zero-order chi connectivity index (χ0) is 20.6. The molecule has 0 radical (unpaired) electrons. The second kappa shape index (κ2) is 9.29. The number of carbonyl (C=O) groups excluding carboxylic acids is 1. The molecule has 0 fully saturated rings. The highest BCUT2D eigenvalue weighted by Gasteiger charge is 2.15. The number of ether oxygens (including phenoxy) is 3. The molecule has 0 spiro atoms. The maximum absolute atomic E-state index is 12.4. The summed E-state index contributed by atoms with van der Waals surface area (Å²) in [5, 5.41) is 11.6. The Kier molecular flexibility index (Phi) is 6.33. The lowest BCUT2D eigenvalue weighted by Crippen LogP contribution is -2.30. The van der Waals surface area contributed by atoms with Crippen molar-refractivity contribution in [3.05, 3.63) is 78.4 Å². The molecule has 146 valence electrons. The first-order chi connectivity index (χ1) is 14.1. The van der Waals surface area contributed by atoms with E-state index < -0.39 is 6.10 Å². The Labute approximate surface area is 169 Å². The highest BCUT2D eigenvalue weighted by atomic mass is 16.5. The number of amides is 1. The van der Waals surface area contributed by atoms with E-state index in [0.29, 0.717) is 28.5 Å². The smallest absolute Gasteiger partial charge is 0.265 e. The second-order valence-corrected chi connectivity index (χ2v) is 6.19. The Morgan fingerprint density at radius 2 is 1.38 bits per heavy atom. The van der Waals surface area contributed by atoms with Crippen molar-refractivity contribution in [1.82, 2.24) is 0 Å². The van der Waals surface area contributed by atoms with E-state index in [-0.39, 0.29) is 5.91 Å². The first-order valence-corrected chi connectivity index (χ1v) is 8.97. The molecule has 0 aromatic heterocycles. The number of nitrogens with zero attached hydrogens (tertiary/aromatic N) is 1. The van der Waals surface area contributed by atoms with Gasteiger partial charge in [0.1, 0.15) is 23.0 Å². The van der Waals surface area contributed by atoms with E-state index >= 15 is 0 Å². The molecule has 0 saturated carbocycles. The molecule has 0 unspecified atom stereocenters. The molecule has 6 nitrogen and oxygen atoms in total. The predicted octanol–water partition coefficient (Wildman–Crippen LogP) is 4.77. The fourth-order valence-electron chi connectivity index (χ4n) is 2.50. The van der Waals surface area contributed by atoms with Crippen molar-refractivity contribution in [2.75, 3.05) is 12.4 Å². The largest absolute Gasteiger partial charge is 0.497 e. The summed E-state index contributed by atoms with van der Waals surface area (Å²) >= 11 is 0. The van der Waals surface area contributed by atoms with Gasteiger partial charge in [-0.3, -0.25) is 4.79 Å². The molecule has 3 rings (SSSR count). The van der Waals surface area contributed by atoms with Crippen molar-refractivity contribution >= 4 is 11.6 Å². The molecular weight excluding hydrogens is 368 g/mol. The number of methoxy groups -OCH3 is 1. The summed E-state index contributed by atoms with van der Waals surface area (Å²) in [6.45, 7) is 1.68. The van der Waals surface area contributed by atoms with Gasteiger partial charge in [0, 0.05) is 5.69 Å². The monoisotopic (exact) mass is 388 g/mol. The van der Waals surface area contributed by atoms with Crippen molar-refractivity contribution in [3.8, 4) is 29.1 Å². The molecule has 0 aliphatic heterocycles. The zero-order valence-corrected chi connectivity index (χ0v) is 16.1. The molecular formula is C23H20N2O4. The van der Waals surface area contributed by atoms with E-state index in [2.05, 4.69) is 11.4 Å². The number of benzene rings is 3. The van der Waals surface area contributed by atoms with E-state index in [4.69, 9.17) is 19.5 Å². The fraction of sp³-hybridized carbons (Fsp3) is 0.130. The lowest BCUT2D eigenvalue weighted by molar-refractivity contribution is -0.122. The zero-order valence-electron chi connectivity index (χ0n) is 16.1. The normalized spacial score (nSPS) is 11.1. The number of nitriles is 1. The molecule has 6 heteroatoms. The minimum atomic E-state index is -0.669. The summed E-state index contributed by atoms with van der Waals surface area (Å²) < 4.78 is 16.5. The van der Waals surface area contributed by atoms with Gasteiger partial charge in [-0.1, -0.05) is 0 Å². The third-order valence-electron chi connectivity index (χ3n) is 4.08. The topological polar surface area (TPSA) is 80.6 Å². The average molecular weight is 388 g/mol. The number of anilines is 1. The van der Waals surface area contributed by atoms with Crippen LogP contribution < -0.4 is 19.5 Å². The third-order valence-corrected chi connectivity index (χ3v) is 4.08. The van der Waals surface area contributed by atoms with Gasteiger partial charge in [-0.2, -0.15) is 5.26 Å². The fourth-order valence-corrected chi connectivity index (χ4v) is 2.50. The van der Waals surface area contributed by atoms with Crippen molar-refractivity contribution < 1.29 is 19.0 Å². The van der Waals surface area contributed by atoms with Gasteiger partial charge in [-0.05, 0) is 79.7 Å². The molecule has 29 heavy (non-hydrogen) atoms. The van der Waals surface area contributed by atoms with Crippen LogP contribution in [0.2, 0.25) is 0 Å². The third kappa shape index (κ3) is 5.50. The van der Waals surface area contributed by atoms with Crippen molar-refractivity contribution in [3.63, 3.8) is 0 Å². The molecule has 3 aromatic carbocycles. The Balaban J connectivity index is 1.55. The van der Waals surface area contributed by atoms with Crippen LogP contribution in [0.25, 0.3) is 0 Å². The van der Waals surface area contributed by atoms with Gasteiger partial charge < -0.3 is 19.5 Å². The van der Waals surface area contributed by atoms with Crippen LogP contribution in [0.15, 0.2) is 72.8 Å². The van der Waals surface area contributed by atoms with Crippen LogP contribution in [0.1, 0.15) is 12.5 Å². The standard InChI is InChI=1S/C23H20N2O4/c1-16(28-20-13-11-19(27-2)12-14-20)23(26)25-18-5-9-22(10-6-18)29-21-7-3-17(15-24)4-8-21/h3-14,16H,1-2H3,(H,25,26)/t16-/m0/s1. The van der Waals surface area contributed by atoms with Gasteiger partial charge in [0.25, 0.3) is 5.91 Å². The SMILES string of the molecule is COc1ccc(O[C@@H](C)C(=O)Nc2ccc(Oc3ccc(C#N)cc3)cc2)cc1. The van der Waals surface area contributed by atoms with E-state index in [1.807, 2.05) is 0 Å². The summed E-state index contributed by atoms with van der Waals surface area (Å²) in [6.07, 6.45) is -0.669. The van der Waals surface area contributed by atoms with Crippen molar-refractivity contribution in [2.24, 2.45) is 0 Å². The molecule has 0 heterocycles. The quantitative estimate of drug-likeness (QED) is 0.631. The molecule has 3 aromatic rings. The van der Waals surface area contributed by atoms with Gasteiger partial charge in [-0.15, -0.1) is 0 Å². The molecule has 1 atom stereocenters. The van der Waals surface area contributed by atoms with Gasteiger partial charge >= 0.3 is 0 Å². The number of carbonyl (C=O) groups is 1. The maximum atomic E-state index is 12.4. The van der Waals surface area contributed by atoms with Crippen LogP contribution in [-0.4, -0.2) is 19.1 Å². The molecule has 1 N–H and O–H groups in total. The summed E-state index contributed by atoms with van der Waals surface area (Å²) in [4.78, 5) is 12.4. The Morgan fingerprint density at radius 1 is 0.862 bits per heavy atom. The molecule has 0 aliphatic rings. The number of rotatable bonds is 7. The summed E-state index contributed by atoms with van der Waals surface area (Å²) in [5.74, 6) is 2.29. The minimum Gasteiger partial charge on any atom is -0.497 e. The average Bonchev–Trinajstić information content (AvgIpc) is 2.76. The molecule has 0 bridgehead atoms. The Hall–Kier alpha value is -3.98. The highest BCUT2D eigenvalue weighted by molar-refractivity contribution is 5.94. The van der Waals surface area contributed by atoms with Gasteiger partial charge in [0.2, 0.25) is 0 Å². The van der Waals surface area contributed by atoms with Crippen molar-refractivity contribution in [1.29, 1.82) is 5.26 Å². The summed E-state index contributed by atoms with van der Waals surface area (Å²) in [5.41, 5.74) is 1.20. The first kappa shape index (κ1) is 19.8. The van der Waals surface area contributed by atoms with Crippen LogP contribution in [0.5, 0.6) is 23.0 Å². The number of nitrogens with one attached hydrogen (secondary N) is 1. The summed E-state index contributed by atoms with van der Waals surface area (Å²) in [7, 11) is 1.59. The van der Waals surface area contributed by atoms with Crippen LogP contribution in [0, 0.1) is 11.3 Å².